The van der Waals surface area contributed by atoms with Gasteiger partial charge in [-0.05, 0) is 0 Å². The molecule has 0 heterocycles. The van der Waals surface area contributed by atoms with E-state index in [-0.39, 0.29) is 0 Å². The molecule has 1 N–H and O–H groups in total. The lowest BCUT2D eigenvalue weighted by Gasteiger charge is -2.34. The smallest absolute Gasteiger partial charge is 0.332 e. The Kier molecular flexibility index (Phi) is 4.40. The van der Waals surface area contributed by atoms with E-state index < -0.39 is 36.8 Å². The number of hydrogen-bond donors (Lipinski definition) is 1. The van der Waals surface area contributed by atoms with E-state index in [4.69, 9.17) is 5.11 Å². The van der Waals surface area contributed by atoms with Crippen molar-refractivity contribution in [2.24, 2.45) is 0 Å². The van der Waals surface area contributed by atoms with Gasteiger partial charge in [-0.3, -0.25) is 4.74 Å². The topological polar surface area (TPSA) is 29.5 Å². The highest BCUT2D eigenvalue weighted by molar-refractivity contribution is 4.88. The molecule has 1 atom stereocenters. The van der Waals surface area contributed by atoms with Gasteiger partial charge in [0, 0.05) is 0 Å². The van der Waals surface area contributed by atoms with Crippen molar-refractivity contribution in [1.82, 2.24) is 0 Å². The summed E-state index contributed by atoms with van der Waals surface area (Å²) in [5.41, 5.74) is 0. The average molecular weight is 316 g/mol. The molecule has 0 aromatic heterocycles. The molecule has 0 amide bonds. The average Bonchev–Trinajstić information content (AvgIpc) is 2.12. The fourth-order valence-electron chi connectivity index (χ4n) is 0.601. The molecule has 0 radical (unpaired) electrons. The minimum absolute atomic E-state index is 1.89. The number of halogens is 11. The van der Waals surface area contributed by atoms with Crippen LogP contribution in [0.2, 0.25) is 0 Å². The molecule has 2 nitrogen and oxygen atoms in total. The van der Waals surface area contributed by atoms with E-state index in [1.165, 1.54) is 0 Å². The third-order valence-corrected chi connectivity index (χ3v) is 1.63. The summed E-state index contributed by atoms with van der Waals surface area (Å²) in [6.07, 6.45) is -20.0. The lowest BCUT2D eigenvalue weighted by Crippen LogP contribution is -2.60. The summed E-state index contributed by atoms with van der Waals surface area (Å²) in [5, 5.41) is 7.64. The predicted molar refractivity (Wildman–Crippen MR) is 34.0 cm³/mol. The standard InChI is InChI=1S/C6H3F11O2/c7-1-2(8,5(14,15)18)19-6(16,17)3(9,10)4(11,12)13/h18H,1H2. The molecule has 0 fully saturated rings. The maximum atomic E-state index is 12.7. The van der Waals surface area contributed by atoms with Crippen LogP contribution in [0.25, 0.3) is 0 Å². The Morgan fingerprint density at radius 1 is 0.789 bits per heavy atom. The van der Waals surface area contributed by atoms with Crippen LogP contribution < -0.4 is 0 Å². The van der Waals surface area contributed by atoms with Crippen molar-refractivity contribution in [2.45, 2.75) is 30.2 Å². The van der Waals surface area contributed by atoms with Gasteiger partial charge in [0.15, 0.2) is 6.67 Å². The van der Waals surface area contributed by atoms with E-state index in [0.29, 0.717) is 0 Å². The first kappa shape index (κ1) is 18.1. The Bertz CT molecular complexity index is 318. The molecule has 1 unspecified atom stereocenters. The molecule has 0 rings (SSSR count). The molecule has 0 saturated heterocycles. The van der Waals surface area contributed by atoms with Crippen LogP contribution in [0.15, 0.2) is 0 Å². The van der Waals surface area contributed by atoms with Crippen LogP contribution in [0.4, 0.5) is 48.3 Å². The maximum Gasteiger partial charge on any atom is 0.462 e. The van der Waals surface area contributed by atoms with Gasteiger partial charge in [0.25, 0.3) is 0 Å². The van der Waals surface area contributed by atoms with Gasteiger partial charge in [0.2, 0.25) is 0 Å². The number of ether oxygens (including phenoxy) is 1. The molecule has 19 heavy (non-hydrogen) atoms. The van der Waals surface area contributed by atoms with Gasteiger partial charge in [-0.25, -0.2) is 4.39 Å². The molecule has 0 aromatic carbocycles. The minimum Gasteiger partial charge on any atom is -0.332 e. The molecule has 0 bridgehead atoms. The van der Waals surface area contributed by atoms with Crippen LogP contribution in [-0.2, 0) is 4.74 Å². The largest absolute Gasteiger partial charge is 0.462 e. The molecule has 116 valence electrons. The SMILES string of the molecule is OC(F)(F)C(F)(CF)OC(F)(F)C(F)(F)C(F)(F)F. The number of hydrogen-bond acceptors (Lipinski definition) is 2. The highest BCUT2D eigenvalue weighted by Gasteiger charge is 2.78. The zero-order valence-corrected chi connectivity index (χ0v) is 8.22. The molecule has 0 aliphatic rings. The van der Waals surface area contributed by atoms with Crippen LogP contribution in [0.3, 0.4) is 0 Å². The second-order valence-corrected chi connectivity index (χ2v) is 3.09. The molecule has 13 heteroatoms. The molecule has 0 spiro atoms. The van der Waals surface area contributed by atoms with E-state index >= 15 is 0 Å². The lowest BCUT2D eigenvalue weighted by atomic mass is 10.2. The molecular formula is C6H3F11O2. The first-order valence-corrected chi connectivity index (χ1v) is 3.89. The molecule has 0 aliphatic carbocycles. The van der Waals surface area contributed by atoms with Gasteiger partial charge in [-0.2, -0.15) is 43.9 Å². The van der Waals surface area contributed by atoms with Gasteiger partial charge < -0.3 is 5.11 Å². The van der Waals surface area contributed by atoms with Crippen molar-refractivity contribution < 1.29 is 58.1 Å². The molecule has 0 saturated carbocycles. The van der Waals surface area contributed by atoms with Crippen molar-refractivity contribution in [3.63, 3.8) is 0 Å². The summed E-state index contributed by atoms with van der Waals surface area (Å²) in [6.45, 7) is -3.32. The molecular weight excluding hydrogens is 313 g/mol. The Morgan fingerprint density at radius 2 is 1.16 bits per heavy atom. The quantitative estimate of drug-likeness (QED) is 0.790. The number of alkyl halides is 11. The summed E-state index contributed by atoms with van der Waals surface area (Å²) in [6, 6.07) is 0. The van der Waals surface area contributed by atoms with Crippen LogP contribution in [0.5, 0.6) is 0 Å². The van der Waals surface area contributed by atoms with E-state index in [9.17, 15) is 48.3 Å². The van der Waals surface area contributed by atoms with E-state index in [2.05, 4.69) is 0 Å². The Labute approximate surface area is 96.3 Å². The van der Waals surface area contributed by atoms with Gasteiger partial charge in [-0.1, -0.05) is 0 Å². The monoisotopic (exact) mass is 316 g/mol. The van der Waals surface area contributed by atoms with Crippen molar-refractivity contribution in [3.05, 3.63) is 0 Å². The first-order chi connectivity index (χ1) is 8.02. The van der Waals surface area contributed by atoms with E-state index in [1.807, 2.05) is 4.74 Å². The fraction of sp³-hybridized carbons (Fsp3) is 1.00. The third-order valence-electron chi connectivity index (χ3n) is 1.63. The summed E-state index contributed by atoms with van der Waals surface area (Å²) in [4.78, 5) is 0. The van der Waals surface area contributed by atoms with Crippen molar-refractivity contribution in [3.8, 4) is 0 Å². The van der Waals surface area contributed by atoms with Crippen LogP contribution in [0, 0.1) is 0 Å². The van der Waals surface area contributed by atoms with Crippen LogP contribution in [0.1, 0.15) is 0 Å². The normalized spacial score (nSPS) is 18.3. The minimum atomic E-state index is -7.10. The van der Waals surface area contributed by atoms with Gasteiger partial charge in [-0.15, -0.1) is 0 Å². The predicted octanol–water partition coefficient (Wildman–Crippen LogP) is 3.01. The zero-order chi connectivity index (χ0) is 15.9. The summed E-state index contributed by atoms with van der Waals surface area (Å²) >= 11 is 0. The molecule has 0 aromatic rings. The number of rotatable bonds is 5. The Hall–Kier alpha value is -0.850. The van der Waals surface area contributed by atoms with Gasteiger partial charge >= 0.3 is 30.2 Å². The Morgan fingerprint density at radius 3 is 1.37 bits per heavy atom. The first-order valence-electron chi connectivity index (χ1n) is 3.89. The highest BCUT2D eigenvalue weighted by atomic mass is 19.4. The third kappa shape index (κ3) is 3.19. The Balaban J connectivity index is 5.48. The summed E-state index contributed by atoms with van der Waals surface area (Å²) in [7, 11) is 0. The van der Waals surface area contributed by atoms with Crippen molar-refractivity contribution >= 4 is 0 Å². The van der Waals surface area contributed by atoms with Gasteiger partial charge in [0.1, 0.15) is 0 Å². The maximum absolute atomic E-state index is 12.7. The van der Waals surface area contributed by atoms with Crippen LogP contribution in [-0.4, -0.2) is 42.0 Å². The summed E-state index contributed by atoms with van der Waals surface area (Å²) in [5.74, 6) is -12.9. The van der Waals surface area contributed by atoms with Gasteiger partial charge in [0.05, 0.1) is 0 Å². The second kappa shape index (κ2) is 4.61. The summed E-state index contributed by atoms with van der Waals surface area (Å²) < 4.78 is 134. The van der Waals surface area contributed by atoms with E-state index in [0.717, 1.165) is 0 Å². The van der Waals surface area contributed by atoms with Crippen LogP contribution >= 0.6 is 0 Å². The fourth-order valence-corrected chi connectivity index (χ4v) is 0.601. The second-order valence-electron chi connectivity index (χ2n) is 3.09. The van der Waals surface area contributed by atoms with Crippen molar-refractivity contribution in [2.75, 3.05) is 6.67 Å². The molecule has 0 aliphatic heterocycles. The number of aliphatic hydroxyl groups is 1. The van der Waals surface area contributed by atoms with E-state index in [1.54, 1.807) is 0 Å². The van der Waals surface area contributed by atoms with Crippen molar-refractivity contribution in [1.29, 1.82) is 0 Å². The highest BCUT2D eigenvalue weighted by Crippen LogP contribution is 2.50. The lowest BCUT2D eigenvalue weighted by molar-refractivity contribution is -0.491. The zero-order valence-electron chi connectivity index (χ0n) is 8.22.